The molecule has 2 N–H and O–H groups in total. The second-order valence-corrected chi connectivity index (χ2v) is 3.68. The Hall–Kier alpha value is -2.16. The first kappa shape index (κ1) is 11.3. The van der Waals surface area contributed by atoms with Gasteiger partial charge in [0.15, 0.2) is 11.5 Å². The summed E-state index contributed by atoms with van der Waals surface area (Å²) in [5.41, 5.74) is 0.605. The van der Waals surface area contributed by atoms with Gasteiger partial charge in [0.25, 0.3) is 0 Å². The standard InChI is InChI=1S/C14H14O3/c1-2-11-12(15)8-9-13(16)14(11)17-10-6-4-3-5-7-10/h3-9,15-16H,2H2,1H3. The highest BCUT2D eigenvalue weighted by molar-refractivity contribution is 5.54. The van der Waals surface area contributed by atoms with Crippen molar-refractivity contribution in [2.45, 2.75) is 13.3 Å². The van der Waals surface area contributed by atoms with Crippen molar-refractivity contribution in [3.05, 3.63) is 48.0 Å². The molecule has 17 heavy (non-hydrogen) atoms. The molecule has 0 saturated heterocycles. The molecular weight excluding hydrogens is 216 g/mol. The van der Waals surface area contributed by atoms with Gasteiger partial charge < -0.3 is 14.9 Å². The highest BCUT2D eigenvalue weighted by Gasteiger charge is 2.13. The van der Waals surface area contributed by atoms with Crippen molar-refractivity contribution >= 4 is 0 Å². The maximum Gasteiger partial charge on any atom is 0.175 e. The van der Waals surface area contributed by atoms with E-state index < -0.39 is 0 Å². The minimum Gasteiger partial charge on any atom is -0.508 e. The average Bonchev–Trinajstić information content (AvgIpc) is 2.35. The van der Waals surface area contributed by atoms with Gasteiger partial charge in [-0.2, -0.15) is 0 Å². The molecule has 0 unspecified atom stereocenters. The zero-order valence-electron chi connectivity index (χ0n) is 9.55. The summed E-state index contributed by atoms with van der Waals surface area (Å²) < 4.78 is 5.60. The Balaban J connectivity index is 2.41. The summed E-state index contributed by atoms with van der Waals surface area (Å²) in [5, 5.41) is 19.5. The van der Waals surface area contributed by atoms with Crippen LogP contribution in [0.25, 0.3) is 0 Å². The molecule has 0 aliphatic rings. The summed E-state index contributed by atoms with van der Waals surface area (Å²) in [6.07, 6.45) is 0.586. The van der Waals surface area contributed by atoms with Crippen LogP contribution in [0.3, 0.4) is 0 Å². The predicted octanol–water partition coefficient (Wildman–Crippen LogP) is 3.45. The highest BCUT2D eigenvalue weighted by atomic mass is 16.5. The number of phenolic OH excluding ortho intramolecular Hbond substituents is 2. The summed E-state index contributed by atoms with van der Waals surface area (Å²) in [6, 6.07) is 12.1. The molecule has 88 valence electrons. The third-order valence-corrected chi connectivity index (χ3v) is 2.53. The third kappa shape index (κ3) is 2.33. The van der Waals surface area contributed by atoms with Crippen molar-refractivity contribution in [2.75, 3.05) is 0 Å². The van der Waals surface area contributed by atoms with Crippen molar-refractivity contribution in [1.82, 2.24) is 0 Å². The van der Waals surface area contributed by atoms with E-state index in [1.54, 1.807) is 12.1 Å². The van der Waals surface area contributed by atoms with E-state index >= 15 is 0 Å². The van der Waals surface area contributed by atoms with E-state index in [0.29, 0.717) is 23.5 Å². The Labute approximate surface area is 99.9 Å². The number of benzene rings is 2. The van der Waals surface area contributed by atoms with Crippen molar-refractivity contribution in [3.63, 3.8) is 0 Å². The summed E-state index contributed by atoms with van der Waals surface area (Å²) in [7, 11) is 0. The minimum absolute atomic E-state index is 0.0310. The molecule has 0 amide bonds. The fourth-order valence-electron chi connectivity index (χ4n) is 1.67. The number of hydrogen-bond acceptors (Lipinski definition) is 3. The van der Waals surface area contributed by atoms with Crippen molar-refractivity contribution < 1.29 is 14.9 Å². The second-order valence-electron chi connectivity index (χ2n) is 3.68. The van der Waals surface area contributed by atoms with Crippen molar-refractivity contribution in [2.24, 2.45) is 0 Å². The topological polar surface area (TPSA) is 49.7 Å². The number of aromatic hydroxyl groups is 2. The molecule has 0 bridgehead atoms. The molecule has 0 heterocycles. The molecule has 0 atom stereocenters. The highest BCUT2D eigenvalue weighted by Crippen LogP contribution is 2.39. The Kier molecular flexibility index (Phi) is 3.19. The lowest BCUT2D eigenvalue weighted by atomic mass is 10.1. The minimum atomic E-state index is 0.0310. The SMILES string of the molecule is CCc1c(O)ccc(O)c1Oc1ccccc1. The van der Waals surface area contributed by atoms with E-state index in [1.165, 1.54) is 12.1 Å². The first-order chi connectivity index (χ1) is 8.22. The number of phenols is 2. The molecule has 0 fully saturated rings. The van der Waals surface area contributed by atoms with Crippen LogP contribution in [-0.2, 0) is 6.42 Å². The summed E-state index contributed by atoms with van der Waals surface area (Å²) in [6.45, 7) is 1.90. The maximum absolute atomic E-state index is 9.77. The van der Waals surface area contributed by atoms with Crippen molar-refractivity contribution in [1.29, 1.82) is 0 Å². The quantitative estimate of drug-likeness (QED) is 0.794. The van der Waals surface area contributed by atoms with Crippen LogP contribution in [0.5, 0.6) is 23.0 Å². The van der Waals surface area contributed by atoms with Gasteiger partial charge in [-0.25, -0.2) is 0 Å². The summed E-state index contributed by atoms with van der Waals surface area (Å²) in [4.78, 5) is 0. The lowest BCUT2D eigenvalue weighted by Gasteiger charge is -2.12. The molecule has 0 aliphatic heterocycles. The number of ether oxygens (including phenoxy) is 1. The summed E-state index contributed by atoms with van der Waals surface area (Å²) >= 11 is 0. The van der Waals surface area contributed by atoms with Gasteiger partial charge in [-0.15, -0.1) is 0 Å². The van der Waals surface area contributed by atoms with E-state index in [4.69, 9.17) is 4.74 Å². The van der Waals surface area contributed by atoms with Crippen LogP contribution >= 0.6 is 0 Å². The molecule has 0 saturated carbocycles. The smallest absolute Gasteiger partial charge is 0.175 e. The second kappa shape index (κ2) is 4.78. The van der Waals surface area contributed by atoms with E-state index in [0.717, 1.165) is 0 Å². The first-order valence-corrected chi connectivity index (χ1v) is 5.49. The molecule has 0 aliphatic carbocycles. The lowest BCUT2D eigenvalue weighted by Crippen LogP contribution is -1.91. The van der Waals surface area contributed by atoms with E-state index in [-0.39, 0.29) is 11.5 Å². The Morgan fingerprint density at radius 1 is 0.941 bits per heavy atom. The monoisotopic (exact) mass is 230 g/mol. The predicted molar refractivity (Wildman–Crippen MR) is 65.7 cm³/mol. The lowest BCUT2D eigenvalue weighted by molar-refractivity contribution is 0.397. The largest absolute Gasteiger partial charge is 0.508 e. The van der Waals surface area contributed by atoms with Crippen LogP contribution in [0.4, 0.5) is 0 Å². The van der Waals surface area contributed by atoms with Gasteiger partial charge in [-0.05, 0) is 30.7 Å². The van der Waals surface area contributed by atoms with Gasteiger partial charge in [0.1, 0.15) is 11.5 Å². The molecule has 3 heteroatoms. The normalized spacial score (nSPS) is 10.2. The van der Waals surface area contributed by atoms with Gasteiger partial charge in [0.05, 0.1) is 0 Å². The first-order valence-electron chi connectivity index (χ1n) is 5.49. The zero-order chi connectivity index (χ0) is 12.3. The Morgan fingerprint density at radius 3 is 2.24 bits per heavy atom. The Bertz CT molecular complexity index is 506. The third-order valence-electron chi connectivity index (χ3n) is 2.53. The molecule has 0 aromatic heterocycles. The number of hydrogen-bond donors (Lipinski definition) is 2. The van der Waals surface area contributed by atoms with Crippen LogP contribution in [0.15, 0.2) is 42.5 Å². The maximum atomic E-state index is 9.77. The van der Waals surface area contributed by atoms with Gasteiger partial charge in [0.2, 0.25) is 0 Å². The van der Waals surface area contributed by atoms with Gasteiger partial charge in [0, 0.05) is 5.56 Å². The fraction of sp³-hybridized carbons (Fsp3) is 0.143. The van der Waals surface area contributed by atoms with Gasteiger partial charge >= 0.3 is 0 Å². The van der Waals surface area contributed by atoms with Gasteiger partial charge in [-0.1, -0.05) is 25.1 Å². The van der Waals surface area contributed by atoms with E-state index in [9.17, 15) is 10.2 Å². The van der Waals surface area contributed by atoms with Crippen LogP contribution in [0.1, 0.15) is 12.5 Å². The molecule has 0 radical (unpaired) electrons. The van der Waals surface area contributed by atoms with Gasteiger partial charge in [-0.3, -0.25) is 0 Å². The van der Waals surface area contributed by atoms with Crippen molar-refractivity contribution in [3.8, 4) is 23.0 Å². The zero-order valence-corrected chi connectivity index (χ0v) is 9.55. The molecule has 2 aromatic rings. The summed E-state index contributed by atoms with van der Waals surface area (Å²) in [5.74, 6) is 1.11. The molecule has 0 spiro atoms. The van der Waals surface area contributed by atoms with Crippen LogP contribution in [-0.4, -0.2) is 10.2 Å². The fourth-order valence-corrected chi connectivity index (χ4v) is 1.67. The Morgan fingerprint density at radius 2 is 1.59 bits per heavy atom. The van der Waals surface area contributed by atoms with Crippen LogP contribution < -0.4 is 4.74 Å². The van der Waals surface area contributed by atoms with Crippen LogP contribution in [0, 0.1) is 0 Å². The van der Waals surface area contributed by atoms with Crippen LogP contribution in [0.2, 0.25) is 0 Å². The average molecular weight is 230 g/mol. The molecular formula is C14H14O3. The molecule has 2 rings (SSSR count). The van der Waals surface area contributed by atoms with E-state index in [2.05, 4.69) is 0 Å². The number of rotatable bonds is 3. The van der Waals surface area contributed by atoms with E-state index in [1.807, 2.05) is 25.1 Å². The number of para-hydroxylation sites is 1. The molecule has 2 aromatic carbocycles. The molecule has 3 nitrogen and oxygen atoms in total.